The molecule has 0 unspecified atom stereocenters. The Morgan fingerprint density at radius 3 is 2.58 bits per heavy atom. The van der Waals surface area contributed by atoms with Crippen molar-refractivity contribution in [3.05, 3.63) is 57.4 Å². The Morgan fingerprint density at radius 2 is 2.08 bits per heavy atom. The molecule has 0 aliphatic carbocycles. The van der Waals surface area contributed by atoms with Gasteiger partial charge in [-0.15, -0.1) is 0 Å². The van der Waals surface area contributed by atoms with Gasteiger partial charge < -0.3 is 4.74 Å². The molecule has 0 aliphatic rings. The fourth-order valence-corrected chi connectivity index (χ4v) is 2.31. The second-order valence-electron chi connectivity index (χ2n) is 4.94. The van der Waals surface area contributed by atoms with Crippen molar-refractivity contribution in [1.29, 1.82) is 0 Å². The maximum Gasteiger partial charge on any atom is 0.339 e. The molecule has 0 fully saturated rings. The lowest BCUT2D eigenvalue weighted by Crippen LogP contribution is -2.09. The first-order valence-electron chi connectivity index (χ1n) is 7.05. The van der Waals surface area contributed by atoms with E-state index in [1.165, 1.54) is 18.3 Å². The normalized spacial score (nSPS) is 10.7. The van der Waals surface area contributed by atoms with Gasteiger partial charge in [-0.3, -0.25) is 15.1 Å². The molecule has 0 N–H and O–H groups in total. The minimum absolute atomic E-state index is 0.00449. The van der Waals surface area contributed by atoms with Crippen molar-refractivity contribution >= 4 is 11.7 Å². The fourth-order valence-electron chi connectivity index (χ4n) is 2.31. The van der Waals surface area contributed by atoms with E-state index < -0.39 is 23.0 Å². The third-order valence-electron chi connectivity index (χ3n) is 3.33. The third-order valence-corrected chi connectivity index (χ3v) is 3.33. The molecule has 0 saturated carbocycles. The fraction of sp³-hybridized carbons (Fsp3) is 0.250. The number of nitro benzene ring substituents is 1. The van der Waals surface area contributed by atoms with Crippen LogP contribution in [0, 0.1) is 17.0 Å². The molecule has 8 heteroatoms. The largest absolute Gasteiger partial charge is 0.462 e. The van der Waals surface area contributed by atoms with Crippen molar-refractivity contribution in [2.24, 2.45) is 0 Å². The summed E-state index contributed by atoms with van der Waals surface area (Å²) < 4.78 is 30.2. The molecular weight excluding hydrogens is 322 g/mol. The van der Waals surface area contributed by atoms with Gasteiger partial charge >= 0.3 is 5.97 Å². The van der Waals surface area contributed by atoms with Crippen LogP contribution in [-0.4, -0.2) is 22.5 Å². The van der Waals surface area contributed by atoms with E-state index >= 15 is 0 Å². The number of aryl methyl sites for hydroxylation is 1. The van der Waals surface area contributed by atoms with E-state index in [0.29, 0.717) is 16.7 Å². The topological polar surface area (TPSA) is 82.3 Å². The number of benzene rings is 1. The number of nitrogens with zero attached hydrogens (tertiary/aromatic N) is 2. The molecule has 0 saturated heterocycles. The summed E-state index contributed by atoms with van der Waals surface area (Å²) in [4.78, 5) is 26.2. The summed E-state index contributed by atoms with van der Waals surface area (Å²) in [7, 11) is 0. The van der Waals surface area contributed by atoms with Gasteiger partial charge in [0.25, 0.3) is 12.1 Å². The number of hydrogen-bond acceptors (Lipinski definition) is 5. The van der Waals surface area contributed by atoms with E-state index in [0.717, 1.165) is 12.1 Å². The first kappa shape index (κ1) is 17.5. The van der Waals surface area contributed by atoms with Gasteiger partial charge in [0.1, 0.15) is 5.69 Å². The van der Waals surface area contributed by atoms with Crippen LogP contribution in [-0.2, 0) is 4.74 Å². The summed E-state index contributed by atoms with van der Waals surface area (Å²) in [6.07, 6.45) is -1.50. The molecule has 1 heterocycles. The Kier molecular flexibility index (Phi) is 5.18. The van der Waals surface area contributed by atoms with Crippen LogP contribution in [0.3, 0.4) is 0 Å². The van der Waals surface area contributed by atoms with Gasteiger partial charge in [0.05, 0.1) is 17.1 Å². The Hall–Kier alpha value is -2.90. The van der Waals surface area contributed by atoms with Crippen LogP contribution in [0.5, 0.6) is 0 Å². The van der Waals surface area contributed by atoms with Gasteiger partial charge in [-0.1, -0.05) is 6.07 Å². The van der Waals surface area contributed by atoms with Gasteiger partial charge in [0.15, 0.2) is 0 Å². The quantitative estimate of drug-likeness (QED) is 0.467. The molecular formula is C16H14F2N2O4. The van der Waals surface area contributed by atoms with E-state index in [2.05, 4.69) is 4.98 Å². The van der Waals surface area contributed by atoms with Gasteiger partial charge in [0, 0.05) is 29.5 Å². The predicted octanol–water partition coefficient (Wildman–Crippen LogP) is 4.08. The molecule has 0 spiro atoms. The zero-order valence-electron chi connectivity index (χ0n) is 13.0. The maximum absolute atomic E-state index is 12.6. The summed E-state index contributed by atoms with van der Waals surface area (Å²) in [5.74, 6) is -0.725. The molecule has 0 bridgehead atoms. The average Bonchev–Trinajstić information content (AvgIpc) is 2.54. The number of pyridine rings is 1. The van der Waals surface area contributed by atoms with Crippen LogP contribution < -0.4 is 0 Å². The van der Waals surface area contributed by atoms with Crippen molar-refractivity contribution in [1.82, 2.24) is 4.98 Å². The number of nitro groups is 1. The van der Waals surface area contributed by atoms with Crippen molar-refractivity contribution in [2.75, 3.05) is 6.61 Å². The van der Waals surface area contributed by atoms with Gasteiger partial charge in [-0.05, 0) is 25.5 Å². The number of carbonyl (C=O) groups is 1. The lowest BCUT2D eigenvalue weighted by atomic mass is 9.95. The van der Waals surface area contributed by atoms with Crippen molar-refractivity contribution in [2.45, 2.75) is 20.3 Å². The summed E-state index contributed by atoms with van der Waals surface area (Å²) in [5.41, 5.74) is 0.559. The maximum atomic E-state index is 12.6. The molecule has 0 radical (unpaired) electrons. The number of aromatic nitrogens is 1. The van der Waals surface area contributed by atoms with E-state index in [4.69, 9.17) is 4.74 Å². The average molecular weight is 336 g/mol. The number of halogens is 2. The van der Waals surface area contributed by atoms with E-state index in [1.54, 1.807) is 13.8 Å². The van der Waals surface area contributed by atoms with Crippen molar-refractivity contribution < 1.29 is 23.2 Å². The van der Waals surface area contributed by atoms with Crippen LogP contribution >= 0.6 is 0 Å². The second kappa shape index (κ2) is 7.12. The molecule has 2 rings (SSSR count). The first-order chi connectivity index (χ1) is 11.3. The summed E-state index contributed by atoms with van der Waals surface area (Å²) in [6.45, 7) is 3.30. The number of esters is 1. The lowest BCUT2D eigenvalue weighted by Gasteiger charge is -2.12. The van der Waals surface area contributed by atoms with Crippen LogP contribution in [0.25, 0.3) is 11.1 Å². The highest BCUT2D eigenvalue weighted by Gasteiger charge is 2.22. The van der Waals surface area contributed by atoms with Crippen LogP contribution in [0.4, 0.5) is 14.5 Å². The standard InChI is InChI=1S/C16H14F2N2O4/c1-3-24-16(21)12-7-11(20(22)23)6-9(2)14(12)10-4-5-13(15(17)18)19-8-10/h4-8,15H,3H2,1-2H3. The highest BCUT2D eigenvalue weighted by Crippen LogP contribution is 2.32. The minimum Gasteiger partial charge on any atom is -0.462 e. The zero-order chi connectivity index (χ0) is 17.9. The Morgan fingerprint density at radius 1 is 1.38 bits per heavy atom. The third kappa shape index (κ3) is 3.53. The summed E-state index contributed by atoms with van der Waals surface area (Å²) in [5, 5.41) is 11.0. The van der Waals surface area contributed by atoms with Crippen LogP contribution in [0.2, 0.25) is 0 Å². The molecule has 0 amide bonds. The number of carbonyl (C=O) groups excluding carboxylic acids is 1. The number of alkyl halides is 2. The van der Waals surface area contributed by atoms with E-state index in [9.17, 15) is 23.7 Å². The number of non-ortho nitro benzene ring substituents is 1. The summed E-state index contributed by atoms with van der Waals surface area (Å²) in [6, 6.07) is 4.96. The minimum atomic E-state index is -2.71. The first-order valence-corrected chi connectivity index (χ1v) is 7.05. The molecule has 126 valence electrons. The molecule has 2 aromatic rings. The highest BCUT2D eigenvalue weighted by atomic mass is 19.3. The molecule has 0 atom stereocenters. The Bertz CT molecular complexity index is 776. The van der Waals surface area contributed by atoms with Gasteiger partial charge in [-0.25, -0.2) is 13.6 Å². The van der Waals surface area contributed by atoms with Crippen molar-refractivity contribution in [3.8, 4) is 11.1 Å². The number of rotatable bonds is 5. The van der Waals surface area contributed by atoms with Gasteiger partial charge in [-0.2, -0.15) is 0 Å². The number of hydrogen-bond donors (Lipinski definition) is 0. The highest BCUT2D eigenvalue weighted by molar-refractivity contribution is 5.99. The van der Waals surface area contributed by atoms with E-state index in [-0.39, 0.29) is 17.9 Å². The van der Waals surface area contributed by atoms with Gasteiger partial charge in [0.2, 0.25) is 0 Å². The number of ether oxygens (including phenoxy) is 1. The molecule has 1 aromatic heterocycles. The van der Waals surface area contributed by atoms with E-state index in [1.807, 2.05) is 0 Å². The summed E-state index contributed by atoms with van der Waals surface area (Å²) >= 11 is 0. The second-order valence-corrected chi connectivity index (χ2v) is 4.94. The smallest absolute Gasteiger partial charge is 0.339 e. The van der Waals surface area contributed by atoms with Crippen LogP contribution in [0.1, 0.15) is 35.0 Å². The molecule has 1 aromatic carbocycles. The monoisotopic (exact) mass is 336 g/mol. The predicted molar refractivity (Wildman–Crippen MR) is 82.0 cm³/mol. The Labute approximate surface area is 136 Å². The molecule has 24 heavy (non-hydrogen) atoms. The zero-order valence-corrected chi connectivity index (χ0v) is 13.0. The Balaban J connectivity index is 2.62. The molecule has 0 aliphatic heterocycles. The lowest BCUT2D eigenvalue weighted by molar-refractivity contribution is -0.384. The SMILES string of the molecule is CCOC(=O)c1cc([N+](=O)[O-])cc(C)c1-c1ccc(C(F)F)nc1. The molecule has 6 nitrogen and oxygen atoms in total. The van der Waals surface area contributed by atoms with Crippen LogP contribution in [0.15, 0.2) is 30.5 Å². The van der Waals surface area contributed by atoms with Crippen molar-refractivity contribution in [3.63, 3.8) is 0 Å².